The van der Waals surface area contributed by atoms with Crippen LogP contribution in [0.1, 0.15) is 88.9 Å². The van der Waals surface area contributed by atoms with Gasteiger partial charge in [-0.3, -0.25) is 0 Å². The lowest BCUT2D eigenvalue weighted by Gasteiger charge is -2.34. The van der Waals surface area contributed by atoms with Crippen molar-refractivity contribution in [2.24, 2.45) is 0 Å². The minimum atomic E-state index is -0.325. The Balaban J connectivity index is 0.000000130. The van der Waals surface area contributed by atoms with Gasteiger partial charge in [0.15, 0.2) is 0 Å². The Morgan fingerprint density at radius 1 is 0.387 bits per heavy atom. The van der Waals surface area contributed by atoms with E-state index in [-0.39, 0.29) is 10.8 Å². The minimum absolute atomic E-state index is 0.285. The van der Waals surface area contributed by atoms with Crippen LogP contribution in [0.2, 0.25) is 0 Å². The summed E-state index contributed by atoms with van der Waals surface area (Å²) in [5, 5.41) is 7.86. The molecular formula is C74H70O. The molecular weight excluding hydrogens is 905 g/mol. The van der Waals surface area contributed by atoms with Crippen LogP contribution in [0.3, 0.4) is 0 Å². The van der Waals surface area contributed by atoms with Crippen LogP contribution < -0.4 is 0 Å². The highest BCUT2D eigenvalue weighted by atomic mass is 16.3. The van der Waals surface area contributed by atoms with Crippen molar-refractivity contribution in [2.75, 3.05) is 0 Å². The van der Waals surface area contributed by atoms with E-state index < -0.39 is 0 Å². The summed E-state index contributed by atoms with van der Waals surface area (Å²) in [4.78, 5) is 0. The van der Waals surface area contributed by atoms with E-state index in [1.54, 1.807) is 0 Å². The van der Waals surface area contributed by atoms with Gasteiger partial charge in [0, 0.05) is 10.8 Å². The molecule has 372 valence electrons. The van der Waals surface area contributed by atoms with E-state index in [0.717, 1.165) is 17.6 Å². The molecule has 0 aliphatic heterocycles. The minimum Gasteiger partial charge on any atom is -0.456 e. The normalized spacial score (nSPS) is 12.0. The summed E-state index contributed by atoms with van der Waals surface area (Å²) < 4.78 is 5.79. The molecule has 0 saturated carbocycles. The standard InChI is InChI=1S/C31H24.C14H12O.C11H10.C11H16.C7H8/c1-21-17-18-27-28(19-21)31(23-11-5-3-6-12-23,24-13-7-4-8-14-24)29-20-22(2)25-15-9-10-16-26(25)30(27)29;1-2-10-6-5-9-13-14(10)11-7-3-4-8-12(11)15-13;1-9-5-4-7-10-6-2-3-8-11(9)10;1-9-5-7-10(8-6-9)11(2,3)4;1-7-5-3-2-4-6-7/h3-20H,1-2H3;3-9H,2H2,1H3;2-8H,1H3;5-8H,1-4H3;2-6H,1H3. The Labute approximate surface area is 446 Å². The second-order valence-corrected chi connectivity index (χ2v) is 21.0. The fourth-order valence-electron chi connectivity index (χ4n) is 10.8. The summed E-state index contributed by atoms with van der Waals surface area (Å²) in [6.45, 7) is 19.7. The molecule has 1 nitrogen and oxygen atoms in total. The quantitative estimate of drug-likeness (QED) is 0.172. The molecule has 1 aliphatic carbocycles. The molecule has 75 heavy (non-hydrogen) atoms. The third kappa shape index (κ3) is 11.0. The Kier molecular flexibility index (Phi) is 15.8. The van der Waals surface area contributed by atoms with E-state index in [9.17, 15) is 0 Å². The van der Waals surface area contributed by atoms with E-state index in [4.69, 9.17) is 4.42 Å². The molecule has 0 N–H and O–H groups in total. The maximum Gasteiger partial charge on any atom is 0.135 e. The molecule has 0 unspecified atom stereocenters. The van der Waals surface area contributed by atoms with E-state index in [1.165, 1.54) is 105 Å². The van der Waals surface area contributed by atoms with Crippen LogP contribution in [-0.4, -0.2) is 0 Å². The molecule has 1 aliphatic rings. The SMILES string of the molecule is CCc1cccc2oc3ccccc3c12.Cc1ccc(C(C)(C)C)cc1.Cc1ccc2c(c1)C(c1ccccc1)(c1ccccc1)c1cc(C)c3ccccc3c1-2.Cc1cccc2ccccc12.Cc1ccccc1. The molecule has 0 fully saturated rings. The van der Waals surface area contributed by atoms with Gasteiger partial charge in [-0.25, -0.2) is 0 Å². The van der Waals surface area contributed by atoms with Crippen molar-refractivity contribution in [1.29, 1.82) is 0 Å². The van der Waals surface area contributed by atoms with Crippen molar-refractivity contribution >= 4 is 43.5 Å². The number of aryl methyl sites for hydroxylation is 6. The van der Waals surface area contributed by atoms with Crippen LogP contribution in [0.15, 0.2) is 253 Å². The summed E-state index contributed by atoms with van der Waals surface area (Å²) >= 11 is 0. The number of fused-ring (bicyclic) bond motifs is 9. The highest BCUT2D eigenvalue weighted by Crippen LogP contribution is 2.58. The summed E-state index contributed by atoms with van der Waals surface area (Å²) in [6, 6.07) is 88.7. The summed E-state index contributed by atoms with van der Waals surface area (Å²) in [6.07, 6.45) is 1.04. The van der Waals surface area contributed by atoms with Crippen LogP contribution >= 0.6 is 0 Å². The van der Waals surface area contributed by atoms with Gasteiger partial charge in [-0.1, -0.05) is 281 Å². The van der Waals surface area contributed by atoms with Gasteiger partial charge in [-0.15, -0.1) is 0 Å². The first-order valence-electron chi connectivity index (χ1n) is 26.6. The first-order chi connectivity index (χ1) is 36.4. The molecule has 0 atom stereocenters. The van der Waals surface area contributed by atoms with Gasteiger partial charge >= 0.3 is 0 Å². The van der Waals surface area contributed by atoms with Crippen molar-refractivity contribution in [3.63, 3.8) is 0 Å². The first-order valence-corrected chi connectivity index (χ1v) is 26.6. The summed E-state index contributed by atoms with van der Waals surface area (Å²) in [5.41, 5.74) is 19.5. The number of hydrogen-bond donors (Lipinski definition) is 0. The number of rotatable bonds is 3. The number of furan rings is 1. The molecule has 0 saturated heterocycles. The molecule has 0 amide bonds. The van der Waals surface area contributed by atoms with Crippen molar-refractivity contribution in [2.45, 2.75) is 79.6 Å². The molecule has 13 rings (SSSR count). The van der Waals surface area contributed by atoms with E-state index in [0.29, 0.717) is 0 Å². The topological polar surface area (TPSA) is 13.1 Å². The number of para-hydroxylation sites is 1. The molecule has 0 radical (unpaired) electrons. The second-order valence-electron chi connectivity index (χ2n) is 21.0. The van der Waals surface area contributed by atoms with Crippen molar-refractivity contribution in [3.05, 3.63) is 310 Å². The zero-order valence-corrected chi connectivity index (χ0v) is 45.3. The van der Waals surface area contributed by atoms with Crippen molar-refractivity contribution < 1.29 is 4.42 Å². The van der Waals surface area contributed by atoms with Crippen LogP contribution in [0.4, 0.5) is 0 Å². The van der Waals surface area contributed by atoms with E-state index >= 15 is 0 Å². The highest BCUT2D eigenvalue weighted by molar-refractivity contribution is 6.07. The van der Waals surface area contributed by atoms with Gasteiger partial charge in [0.25, 0.3) is 0 Å². The van der Waals surface area contributed by atoms with Crippen molar-refractivity contribution in [1.82, 2.24) is 0 Å². The van der Waals surface area contributed by atoms with Crippen LogP contribution in [0.25, 0.3) is 54.6 Å². The molecule has 1 heteroatoms. The molecule has 1 aromatic heterocycles. The molecule has 0 bridgehead atoms. The second kappa shape index (κ2) is 22.9. The Hall–Kier alpha value is -8.26. The van der Waals surface area contributed by atoms with Gasteiger partial charge in [-0.05, 0) is 136 Å². The Morgan fingerprint density at radius 3 is 1.49 bits per heavy atom. The van der Waals surface area contributed by atoms with Gasteiger partial charge in [0.1, 0.15) is 11.2 Å². The van der Waals surface area contributed by atoms with E-state index in [1.807, 2.05) is 36.4 Å². The average molecular weight is 975 g/mol. The Bertz CT molecular complexity index is 3770. The number of benzene rings is 11. The highest BCUT2D eigenvalue weighted by Gasteiger charge is 2.47. The smallest absolute Gasteiger partial charge is 0.135 e. The lowest BCUT2D eigenvalue weighted by Crippen LogP contribution is -2.28. The van der Waals surface area contributed by atoms with Crippen LogP contribution in [0.5, 0.6) is 0 Å². The summed E-state index contributed by atoms with van der Waals surface area (Å²) in [5.74, 6) is 0. The fraction of sp³-hybridized carbons (Fsp3) is 0.162. The third-order valence-electron chi connectivity index (χ3n) is 14.7. The van der Waals surface area contributed by atoms with Gasteiger partial charge in [0.2, 0.25) is 0 Å². The van der Waals surface area contributed by atoms with Gasteiger partial charge in [0.05, 0.1) is 5.41 Å². The lowest BCUT2D eigenvalue weighted by atomic mass is 9.67. The monoisotopic (exact) mass is 975 g/mol. The largest absolute Gasteiger partial charge is 0.456 e. The van der Waals surface area contributed by atoms with E-state index in [2.05, 4.69) is 275 Å². The fourth-order valence-corrected chi connectivity index (χ4v) is 10.8. The first kappa shape index (κ1) is 51.6. The van der Waals surface area contributed by atoms with Crippen LogP contribution in [0, 0.1) is 34.6 Å². The number of hydrogen-bond acceptors (Lipinski definition) is 1. The maximum absolute atomic E-state index is 5.79. The molecule has 11 aromatic carbocycles. The van der Waals surface area contributed by atoms with Crippen LogP contribution in [-0.2, 0) is 17.3 Å². The van der Waals surface area contributed by atoms with Crippen molar-refractivity contribution in [3.8, 4) is 11.1 Å². The molecule has 12 aromatic rings. The summed E-state index contributed by atoms with van der Waals surface area (Å²) in [7, 11) is 0. The zero-order chi connectivity index (χ0) is 52.5. The molecule has 1 heterocycles. The lowest BCUT2D eigenvalue weighted by molar-refractivity contribution is 0.590. The third-order valence-corrected chi connectivity index (χ3v) is 14.7. The Morgan fingerprint density at radius 2 is 0.893 bits per heavy atom. The maximum atomic E-state index is 5.79. The van der Waals surface area contributed by atoms with Gasteiger partial charge in [-0.2, -0.15) is 0 Å². The van der Waals surface area contributed by atoms with Gasteiger partial charge < -0.3 is 4.42 Å². The predicted octanol–water partition coefficient (Wildman–Crippen LogP) is 20.4. The molecule has 0 spiro atoms. The predicted molar refractivity (Wildman–Crippen MR) is 324 cm³/mol. The average Bonchev–Trinajstić information content (AvgIpc) is 4.02. The zero-order valence-electron chi connectivity index (χ0n) is 45.3.